The predicted molar refractivity (Wildman–Crippen MR) is 70.2 cm³/mol. The molecule has 4 nitrogen and oxygen atoms in total. The highest BCUT2D eigenvalue weighted by molar-refractivity contribution is 5.78. The van der Waals surface area contributed by atoms with Crippen LogP contribution in [0.25, 0.3) is 0 Å². The van der Waals surface area contributed by atoms with Gasteiger partial charge in [-0.15, -0.1) is 0 Å². The first-order chi connectivity index (χ1) is 8.77. The summed E-state index contributed by atoms with van der Waals surface area (Å²) in [6.45, 7) is 4.22. The van der Waals surface area contributed by atoms with Crippen LogP contribution in [-0.2, 0) is 4.79 Å². The van der Waals surface area contributed by atoms with Gasteiger partial charge in [-0.2, -0.15) is 0 Å². The molecule has 2 rings (SSSR count). The largest absolute Gasteiger partial charge is 0.468 e. The fourth-order valence-corrected chi connectivity index (χ4v) is 2.31. The summed E-state index contributed by atoms with van der Waals surface area (Å²) >= 11 is 0. The normalized spacial score (nSPS) is 18.4. The molecule has 2 heterocycles. The Morgan fingerprint density at radius 1 is 1.39 bits per heavy atom. The molecule has 0 saturated carbocycles. The molecule has 1 atom stereocenters. The molecule has 1 aromatic rings. The van der Waals surface area contributed by atoms with E-state index in [9.17, 15) is 4.79 Å². The molecule has 1 aliphatic heterocycles. The number of furan rings is 1. The molecular weight excluding hydrogens is 228 g/mol. The number of hydrogen-bond acceptors (Lipinski definition) is 3. The van der Waals surface area contributed by atoms with Gasteiger partial charge in [0, 0.05) is 13.1 Å². The van der Waals surface area contributed by atoms with Gasteiger partial charge in [0.25, 0.3) is 0 Å². The molecule has 1 fully saturated rings. The maximum atomic E-state index is 12.1. The highest BCUT2D eigenvalue weighted by Gasteiger charge is 2.16. The molecule has 0 aliphatic carbocycles. The van der Waals surface area contributed by atoms with Gasteiger partial charge in [-0.25, -0.2) is 0 Å². The fourth-order valence-electron chi connectivity index (χ4n) is 2.31. The molecule has 0 bridgehead atoms. The highest BCUT2D eigenvalue weighted by atomic mass is 16.3. The quantitative estimate of drug-likeness (QED) is 0.892. The summed E-state index contributed by atoms with van der Waals surface area (Å²) in [5.74, 6) is 1.08. The Kier molecular flexibility index (Phi) is 4.81. The van der Waals surface area contributed by atoms with Crippen LogP contribution in [0.4, 0.5) is 0 Å². The van der Waals surface area contributed by atoms with E-state index in [0.717, 1.165) is 31.7 Å². The molecule has 1 aliphatic rings. The molecule has 18 heavy (non-hydrogen) atoms. The SMILES string of the molecule is C[C@H](NCC(=O)N1CCCCCC1)c1ccco1. The van der Waals surface area contributed by atoms with Gasteiger partial charge in [0.05, 0.1) is 18.8 Å². The third kappa shape index (κ3) is 3.60. The maximum absolute atomic E-state index is 12.1. The maximum Gasteiger partial charge on any atom is 0.236 e. The molecule has 0 spiro atoms. The van der Waals surface area contributed by atoms with Crippen LogP contribution < -0.4 is 5.32 Å². The number of amides is 1. The van der Waals surface area contributed by atoms with Crippen LogP contribution in [0.5, 0.6) is 0 Å². The van der Waals surface area contributed by atoms with E-state index < -0.39 is 0 Å². The smallest absolute Gasteiger partial charge is 0.236 e. The lowest BCUT2D eigenvalue weighted by Crippen LogP contribution is -2.39. The minimum Gasteiger partial charge on any atom is -0.468 e. The standard InChI is InChI=1S/C14H22N2O2/c1-12(13-7-6-10-18-13)15-11-14(17)16-8-4-2-3-5-9-16/h6-7,10,12,15H,2-5,8-9,11H2,1H3/t12-/m0/s1. The monoisotopic (exact) mass is 250 g/mol. The number of nitrogens with zero attached hydrogens (tertiary/aromatic N) is 1. The van der Waals surface area contributed by atoms with Gasteiger partial charge in [-0.1, -0.05) is 12.8 Å². The molecule has 4 heteroatoms. The summed E-state index contributed by atoms with van der Waals surface area (Å²) in [4.78, 5) is 14.0. The van der Waals surface area contributed by atoms with E-state index in [4.69, 9.17) is 4.42 Å². The zero-order chi connectivity index (χ0) is 12.8. The predicted octanol–water partition coefficient (Wildman–Crippen LogP) is 2.33. The van der Waals surface area contributed by atoms with Gasteiger partial charge in [-0.05, 0) is 31.9 Å². The first-order valence-corrected chi connectivity index (χ1v) is 6.82. The van der Waals surface area contributed by atoms with Crippen molar-refractivity contribution < 1.29 is 9.21 Å². The molecule has 1 amide bonds. The van der Waals surface area contributed by atoms with E-state index in [-0.39, 0.29) is 11.9 Å². The number of hydrogen-bond donors (Lipinski definition) is 1. The van der Waals surface area contributed by atoms with Crippen molar-refractivity contribution in [1.29, 1.82) is 0 Å². The average Bonchev–Trinajstić information content (AvgIpc) is 2.78. The Morgan fingerprint density at radius 3 is 2.72 bits per heavy atom. The topological polar surface area (TPSA) is 45.5 Å². The second kappa shape index (κ2) is 6.59. The van der Waals surface area contributed by atoms with E-state index in [1.54, 1.807) is 6.26 Å². The number of likely N-dealkylation sites (tertiary alicyclic amines) is 1. The molecule has 1 saturated heterocycles. The van der Waals surface area contributed by atoms with Crippen molar-refractivity contribution in [3.8, 4) is 0 Å². The zero-order valence-electron chi connectivity index (χ0n) is 11.0. The molecule has 1 aromatic heterocycles. The van der Waals surface area contributed by atoms with Gasteiger partial charge in [0.15, 0.2) is 0 Å². The Morgan fingerprint density at radius 2 is 2.11 bits per heavy atom. The van der Waals surface area contributed by atoms with Gasteiger partial charge >= 0.3 is 0 Å². The van der Waals surface area contributed by atoms with Crippen LogP contribution in [0.2, 0.25) is 0 Å². The summed E-state index contributed by atoms with van der Waals surface area (Å²) in [6.07, 6.45) is 6.43. The first kappa shape index (κ1) is 13.1. The lowest BCUT2D eigenvalue weighted by Gasteiger charge is -2.21. The number of rotatable bonds is 4. The van der Waals surface area contributed by atoms with E-state index in [1.807, 2.05) is 24.0 Å². The van der Waals surface area contributed by atoms with Crippen molar-refractivity contribution >= 4 is 5.91 Å². The number of carbonyl (C=O) groups is 1. The summed E-state index contributed by atoms with van der Waals surface area (Å²) in [7, 11) is 0. The Bertz CT molecular complexity index is 354. The lowest BCUT2D eigenvalue weighted by molar-refractivity contribution is -0.130. The minimum absolute atomic E-state index is 0.0796. The van der Waals surface area contributed by atoms with Crippen molar-refractivity contribution in [3.05, 3.63) is 24.2 Å². The number of carbonyl (C=O) groups excluding carboxylic acids is 1. The molecule has 100 valence electrons. The Balaban J connectivity index is 1.77. The molecule has 0 unspecified atom stereocenters. The fraction of sp³-hybridized carbons (Fsp3) is 0.643. The number of nitrogens with one attached hydrogen (secondary N) is 1. The van der Waals surface area contributed by atoms with Crippen molar-refractivity contribution in [2.45, 2.75) is 38.6 Å². The van der Waals surface area contributed by atoms with E-state index in [0.29, 0.717) is 6.54 Å². The second-order valence-corrected chi connectivity index (χ2v) is 4.91. The van der Waals surface area contributed by atoms with Gasteiger partial charge in [0.2, 0.25) is 5.91 Å². The van der Waals surface area contributed by atoms with Crippen LogP contribution in [0.3, 0.4) is 0 Å². The van der Waals surface area contributed by atoms with Crippen LogP contribution in [-0.4, -0.2) is 30.4 Å². The summed E-state index contributed by atoms with van der Waals surface area (Å²) in [5.41, 5.74) is 0. The van der Waals surface area contributed by atoms with Gasteiger partial charge < -0.3 is 9.32 Å². The van der Waals surface area contributed by atoms with E-state index in [2.05, 4.69) is 5.32 Å². The van der Waals surface area contributed by atoms with Crippen molar-refractivity contribution in [1.82, 2.24) is 10.2 Å². The van der Waals surface area contributed by atoms with Crippen LogP contribution in [0, 0.1) is 0 Å². The van der Waals surface area contributed by atoms with Crippen molar-refractivity contribution in [3.63, 3.8) is 0 Å². The third-order valence-electron chi connectivity index (χ3n) is 3.49. The summed E-state index contributed by atoms with van der Waals surface area (Å²) in [6, 6.07) is 3.87. The summed E-state index contributed by atoms with van der Waals surface area (Å²) < 4.78 is 5.31. The Hall–Kier alpha value is -1.29. The van der Waals surface area contributed by atoms with Gasteiger partial charge in [0.1, 0.15) is 5.76 Å². The van der Waals surface area contributed by atoms with Crippen LogP contribution in [0.15, 0.2) is 22.8 Å². The minimum atomic E-state index is 0.0796. The third-order valence-corrected chi connectivity index (χ3v) is 3.49. The van der Waals surface area contributed by atoms with Crippen molar-refractivity contribution in [2.75, 3.05) is 19.6 Å². The zero-order valence-corrected chi connectivity index (χ0v) is 11.0. The highest BCUT2D eigenvalue weighted by Crippen LogP contribution is 2.13. The Labute approximate surface area is 108 Å². The van der Waals surface area contributed by atoms with E-state index >= 15 is 0 Å². The van der Waals surface area contributed by atoms with Gasteiger partial charge in [-0.3, -0.25) is 10.1 Å². The van der Waals surface area contributed by atoms with Crippen LogP contribution >= 0.6 is 0 Å². The van der Waals surface area contributed by atoms with Crippen molar-refractivity contribution in [2.24, 2.45) is 0 Å². The van der Waals surface area contributed by atoms with Crippen LogP contribution in [0.1, 0.15) is 44.4 Å². The molecule has 1 N–H and O–H groups in total. The average molecular weight is 250 g/mol. The van der Waals surface area contributed by atoms with E-state index in [1.165, 1.54) is 12.8 Å². The first-order valence-electron chi connectivity index (χ1n) is 6.82. The molecule has 0 radical (unpaired) electrons. The molecular formula is C14H22N2O2. The molecule has 0 aromatic carbocycles. The lowest BCUT2D eigenvalue weighted by atomic mass is 10.2. The second-order valence-electron chi connectivity index (χ2n) is 4.91. The summed E-state index contributed by atoms with van der Waals surface area (Å²) in [5, 5.41) is 3.22.